The predicted molar refractivity (Wildman–Crippen MR) is 90.9 cm³/mol. The highest BCUT2D eigenvalue weighted by atomic mass is 19.4. The van der Waals surface area contributed by atoms with E-state index in [0.29, 0.717) is 17.0 Å². The Balaban J connectivity index is 1.52. The van der Waals surface area contributed by atoms with Gasteiger partial charge in [0.25, 0.3) is 5.91 Å². The van der Waals surface area contributed by atoms with Crippen LogP contribution in [0.3, 0.4) is 0 Å². The summed E-state index contributed by atoms with van der Waals surface area (Å²) in [6.07, 6.45) is 1.32. The Morgan fingerprint density at radius 3 is 2.61 bits per heavy atom. The van der Waals surface area contributed by atoms with Crippen molar-refractivity contribution >= 4 is 5.91 Å². The molecule has 2 aromatic heterocycles. The first-order valence-corrected chi connectivity index (χ1v) is 8.71. The molecule has 0 spiro atoms. The summed E-state index contributed by atoms with van der Waals surface area (Å²) in [5.41, 5.74) is 1.69. The van der Waals surface area contributed by atoms with Crippen molar-refractivity contribution in [3.8, 4) is 11.4 Å². The second-order valence-corrected chi connectivity index (χ2v) is 6.74. The Labute approximate surface area is 157 Å². The van der Waals surface area contributed by atoms with Crippen molar-refractivity contribution in [3.05, 3.63) is 53.7 Å². The zero-order valence-corrected chi connectivity index (χ0v) is 14.5. The van der Waals surface area contributed by atoms with Crippen LogP contribution in [0.1, 0.15) is 47.1 Å². The van der Waals surface area contributed by atoms with E-state index in [1.807, 2.05) is 0 Å². The van der Waals surface area contributed by atoms with E-state index in [4.69, 9.17) is 0 Å². The van der Waals surface area contributed by atoms with Crippen molar-refractivity contribution in [2.24, 2.45) is 5.92 Å². The SMILES string of the molecule is O=C(NC(CC1CC1)c1ccc(-c2noc(C(F)(F)F)n2)cc1)c1cn[nH]c1. The number of alkyl halides is 3. The van der Waals surface area contributed by atoms with Crippen LogP contribution < -0.4 is 5.32 Å². The Hall–Kier alpha value is -3.17. The first-order valence-electron chi connectivity index (χ1n) is 8.71. The molecule has 0 radical (unpaired) electrons. The highest BCUT2D eigenvalue weighted by Gasteiger charge is 2.38. The lowest BCUT2D eigenvalue weighted by Crippen LogP contribution is -2.28. The average molecular weight is 391 g/mol. The number of halogens is 3. The van der Waals surface area contributed by atoms with Crippen LogP contribution in [0.15, 0.2) is 41.2 Å². The number of nitrogens with one attached hydrogen (secondary N) is 2. The van der Waals surface area contributed by atoms with E-state index in [-0.39, 0.29) is 17.8 Å². The first kappa shape index (κ1) is 18.2. The van der Waals surface area contributed by atoms with Crippen LogP contribution in [0.25, 0.3) is 11.4 Å². The van der Waals surface area contributed by atoms with E-state index in [9.17, 15) is 18.0 Å². The molecule has 10 heteroatoms. The normalized spacial score (nSPS) is 15.4. The second-order valence-electron chi connectivity index (χ2n) is 6.74. The summed E-state index contributed by atoms with van der Waals surface area (Å²) in [4.78, 5) is 15.8. The number of nitrogens with zero attached hydrogens (tertiary/aromatic N) is 3. The number of carbonyl (C=O) groups is 1. The van der Waals surface area contributed by atoms with E-state index in [1.54, 1.807) is 24.3 Å². The molecule has 7 nitrogen and oxygen atoms in total. The summed E-state index contributed by atoms with van der Waals surface area (Å²) in [7, 11) is 0. The number of hydrogen-bond acceptors (Lipinski definition) is 5. The molecule has 2 N–H and O–H groups in total. The molecule has 0 bridgehead atoms. The molecule has 1 saturated carbocycles. The molecule has 1 aliphatic carbocycles. The topological polar surface area (TPSA) is 96.7 Å². The number of H-pyrrole nitrogens is 1. The Bertz CT molecular complexity index is 947. The number of aromatic amines is 1. The molecule has 1 aromatic carbocycles. The standard InChI is InChI=1S/C18H16F3N5O2/c19-18(20,21)17-25-15(26-28-17)12-5-3-11(4-6-12)14(7-10-1-2-10)24-16(27)13-8-22-23-9-13/h3-6,8-10,14H,1-2,7H2,(H,22,23)(H,24,27). The van der Waals surface area contributed by atoms with Crippen LogP contribution in [-0.4, -0.2) is 26.2 Å². The molecular weight excluding hydrogens is 375 g/mol. The number of benzene rings is 1. The second kappa shape index (κ2) is 7.10. The summed E-state index contributed by atoms with van der Waals surface area (Å²) >= 11 is 0. The van der Waals surface area contributed by atoms with Gasteiger partial charge in [0.2, 0.25) is 5.82 Å². The molecule has 0 aliphatic heterocycles. The quantitative estimate of drug-likeness (QED) is 0.667. The van der Waals surface area contributed by atoms with Crippen LogP contribution in [-0.2, 0) is 6.18 Å². The highest BCUT2D eigenvalue weighted by Crippen LogP contribution is 2.38. The summed E-state index contributed by atoms with van der Waals surface area (Å²) < 4.78 is 42.1. The zero-order chi connectivity index (χ0) is 19.7. The molecule has 1 unspecified atom stereocenters. The fraction of sp³-hybridized carbons (Fsp3) is 0.333. The summed E-state index contributed by atoms with van der Waals surface area (Å²) in [5, 5.41) is 12.7. The van der Waals surface area contributed by atoms with Crippen LogP contribution >= 0.6 is 0 Å². The van der Waals surface area contributed by atoms with E-state index in [2.05, 4.69) is 30.2 Å². The minimum Gasteiger partial charge on any atom is -0.345 e. The van der Waals surface area contributed by atoms with Gasteiger partial charge in [0.15, 0.2) is 0 Å². The lowest BCUT2D eigenvalue weighted by molar-refractivity contribution is -0.159. The van der Waals surface area contributed by atoms with Crippen molar-refractivity contribution in [1.82, 2.24) is 25.7 Å². The average Bonchev–Trinajstić information content (AvgIpc) is 3.15. The third-order valence-electron chi connectivity index (χ3n) is 4.57. The van der Waals surface area contributed by atoms with Crippen LogP contribution in [0.4, 0.5) is 13.2 Å². The number of amides is 1. The number of hydrogen-bond donors (Lipinski definition) is 2. The molecular formula is C18H16F3N5O2. The monoisotopic (exact) mass is 391 g/mol. The van der Waals surface area contributed by atoms with Gasteiger partial charge in [-0.1, -0.05) is 42.3 Å². The molecule has 2 heterocycles. The maximum Gasteiger partial charge on any atom is 0.471 e. The maximum absolute atomic E-state index is 12.6. The summed E-state index contributed by atoms with van der Waals surface area (Å²) in [5.74, 6) is -1.21. The minimum atomic E-state index is -4.68. The van der Waals surface area contributed by atoms with Crippen molar-refractivity contribution in [3.63, 3.8) is 0 Å². The smallest absolute Gasteiger partial charge is 0.345 e. The number of aromatic nitrogens is 4. The van der Waals surface area contributed by atoms with Gasteiger partial charge >= 0.3 is 12.1 Å². The Morgan fingerprint density at radius 2 is 2.04 bits per heavy atom. The van der Waals surface area contributed by atoms with Crippen molar-refractivity contribution in [2.75, 3.05) is 0 Å². The van der Waals surface area contributed by atoms with Gasteiger partial charge < -0.3 is 9.84 Å². The van der Waals surface area contributed by atoms with Gasteiger partial charge in [-0.3, -0.25) is 9.89 Å². The number of rotatable bonds is 6. The van der Waals surface area contributed by atoms with Gasteiger partial charge in [-0.25, -0.2) is 0 Å². The van der Waals surface area contributed by atoms with Crippen molar-refractivity contribution in [1.29, 1.82) is 0 Å². The van der Waals surface area contributed by atoms with E-state index in [1.165, 1.54) is 12.4 Å². The fourth-order valence-electron chi connectivity index (χ4n) is 2.90. The van der Waals surface area contributed by atoms with E-state index < -0.39 is 12.1 Å². The molecule has 1 aliphatic rings. The summed E-state index contributed by atoms with van der Waals surface area (Å²) in [6.45, 7) is 0. The molecule has 1 atom stereocenters. The van der Waals surface area contributed by atoms with Gasteiger partial charge in [-0.15, -0.1) is 0 Å². The third-order valence-corrected chi connectivity index (χ3v) is 4.57. The summed E-state index contributed by atoms with van der Waals surface area (Å²) in [6, 6.07) is 6.53. The molecule has 1 amide bonds. The van der Waals surface area contributed by atoms with E-state index in [0.717, 1.165) is 24.8 Å². The molecule has 28 heavy (non-hydrogen) atoms. The van der Waals surface area contributed by atoms with Gasteiger partial charge in [0.05, 0.1) is 17.8 Å². The van der Waals surface area contributed by atoms with Gasteiger partial charge in [-0.2, -0.15) is 23.3 Å². The Kier molecular flexibility index (Phi) is 4.62. The first-order chi connectivity index (χ1) is 13.4. The van der Waals surface area contributed by atoms with Crippen molar-refractivity contribution in [2.45, 2.75) is 31.5 Å². The van der Waals surface area contributed by atoms with Crippen LogP contribution in [0.2, 0.25) is 0 Å². The van der Waals surface area contributed by atoms with Gasteiger partial charge in [-0.05, 0) is 17.9 Å². The molecule has 3 aromatic rings. The zero-order valence-electron chi connectivity index (χ0n) is 14.5. The maximum atomic E-state index is 12.6. The molecule has 4 rings (SSSR count). The fourth-order valence-corrected chi connectivity index (χ4v) is 2.90. The van der Waals surface area contributed by atoms with E-state index >= 15 is 0 Å². The molecule has 0 saturated heterocycles. The number of carbonyl (C=O) groups excluding carboxylic acids is 1. The lowest BCUT2D eigenvalue weighted by Gasteiger charge is -2.19. The molecule has 1 fully saturated rings. The highest BCUT2D eigenvalue weighted by molar-refractivity contribution is 5.93. The van der Waals surface area contributed by atoms with Crippen LogP contribution in [0.5, 0.6) is 0 Å². The Morgan fingerprint density at radius 1 is 1.29 bits per heavy atom. The predicted octanol–water partition coefficient (Wildman–Crippen LogP) is 3.75. The van der Waals surface area contributed by atoms with Gasteiger partial charge in [0, 0.05) is 11.8 Å². The lowest BCUT2D eigenvalue weighted by atomic mass is 9.99. The third kappa shape index (κ3) is 4.05. The van der Waals surface area contributed by atoms with Gasteiger partial charge in [0.1, 0.15) is 0 Å². The minimum absolute atomic E-state index is 0.139. The van der Waals surface area contributed by atoms with Crippen molar-refractivity contribution < 1.29 is 22.5 Å². The molecule has 146 valence electrons. The van der Waals surface area contributed by atoms with Crippen LogP contribution in [0, 0.1) is 5.92 Å². The largest absolute Gasteiger partial charge is 0.471 e.